The molecule has 1 heterocycles. The largest absolute Gasteiger partial charge is 0.326 e. The van der Waals surface area contributed by atoms with E-state index in [1.807, 2.05) is 42.5 Å². The molecule has 0 amide bonds. The van der Waals surface area contributed by atoms with Crippen LogP contribution < -0.4 is 5.73 Å². The lowest BCUT2D eigenvalue weighted by Crippen LogP contribution is -1.94. The number of nitrogens with zero attached hydrogens (tertiary/aromatic N) is 1. The summed E-state index contributed by atoms with van der Waals surface area (Å²) in [6.07, 6.45) is 0. The van der Waals surface area contributed by atoms with Crippen molar-refractivity contribution < 1.29 is 0 Å². The molecule has 4 heteroatoms. The fraction of sp³-hybridized carbons (Fsp3) is 0.0714. The quantitative estimate of drug-likeness (QED) is 0.765. The lowest BCUT2D eigenvalue weighted by atomic mass is 10.1. The second-order valence-corrected chi connectivity index (χ2v) is 5.41. The molecule has 0 radical (unpaired) electrons. The zero-order valence-electron chi connectivity index (χ0n) is 9.56. The van der Waals surface area contributed by atoms with Gasteiger partial charge in [0.1, 0.15) is 5.01 Å². The van der Waals surface area contributed by atoms with Crippen molar-refractivity contribution in [1.29, 1.82) is 0 Å². The molecule has 2 N–H and O–H groups in total. The van der Waals surface area contributed by atoms with Crippen molar-refractivity contribution in [2.24, 2.45) is 5.73 Å². The van der Waals surface area contributed by atoms with Gasteiger partial charge in [0.25, 0.3) is 0 Å². The highest BCUT2D eigenvalue weighted by Crippen LogP contribution is 2.34. The van der Waals surface area contributed by atoms with Gasteiger partial charge in [0.2, 0.25) is 0 Å². The van der Waals surface area contributed by atoms with Crippen molar-refractivity contribution in [3.63, 3.8) is 0 Å². The molecule has 0 bridgehead atoms. The summed E-state index contributed by atoms with van der Waals surface area (Å²) < 4.78 is 1.04. The summed E-state index contributed by atoms with van der Waals surface area (Å²) in [6.45, 7) is 0.561. The summed E-state index contributed by atoms with van der Waals surface area (Å²) >= 11 is 7.78. The molecule has 0 aliphatic rings. The zero-order chi connectivity index (χ0) is 12.5. The first-order valence-electron chi connectivity index (χ1n) is 5.62. The average molecular weight is 275 g/mol. The Balaban J connectivity index is 2.10. The summed E-state index contributed by atoms with van der Waals surface area (Å²) in [4.78, 5) is 4.60. The van der Waals surface area contributed by atoms with E-state index >= 15 is 0 Å². The van der Waals surface area contributed by atoms with Gasteiger partial charge < -0.3 is 5.73 Å². The van der Waals surface area contributed by atoms with Gasteiger partial charge in [-0.05, 0) is 17.7 Å². The Morgan fingerprint density at radius 3 is 2.56 bits per heavy atom. The van der Waals surface area contributed by atoms with Crippen LogP contribution in [0.4, 0.5) is 0 Å². The van der Waals surface area contributed by atoms with Crippen molar-refractivity contribution in [1.82, 2.24) is 4.98 Å². The molecule has 0 unspecified atom stereocenters. The highest BCUT2D eigenvalue weighted by Gasteiger charge is 2.08. The third-order valence-corrected chi connectivity index (χ3v) is 4.38. The number of hydrogen-bond donors (Lipinski definition) is 1. The highest BCUT2D eigenvalue weighted by atomic mass is 35.5. The Morgan fingerprint density at radius 2 is 1.89 bits per heavy atom. The first-order chi connectivity index (χ1) is 8.78. The summed E-state index contributed by atoms with van der Waals surface area (Å²) in [6, 6.07) is 14.0. The standard InChI is InChI=1S/C14H11ClN2S/c15-11-2-1-3-12-13(11)18-14(17-12)10-6-4-9(8-16)5-7-10/h1-7H,8,16H2. The van der Waals surface area contributed by atoms with Gasteiger partial charge in [-0.15, -0.1) is 11.3 Å². The predicted molar refractivity (Wildman–Crippen MR) is 78.0 cm³/mol. The van der Waals surface area contributed by atoms with Crippen LogP contribution in [0.5, 0.6) is 0 Å². The molecule has 2 nitrogen and oxygen atoms in total. The normalized spacial score (nSPS) is 11.0. The van der Waals surface area contributed by atoms with Gasteiger partial charge in [0, 0.05) is 12.1 Å². The molecule has 0 spiro atoms. The third-order valence-electron chi connectivity index (χ3n) is 2.80. The number of halogens is 1. The van der Waals surface area contributed by atoms with Crippen molar-refractivity contribution >= 4 is 33.2 Å². The molecule has 0 fully saturated rings. The number of rotatable bonds is 2. The fourth-order valence-corrected chi connectivity index (χ4v) is 3.08. The van der Waals surface area contributed by atoms with Gasteiger partial charge in [-0.1, -0.05) is 41.9 Å². The number of nitrogens with two attached hydrogens (primary N) is 1. The zero-order valence-corrected chi connectivity index (χ0v) is 11.1. The molecule has 2 aromatic carbocycles. The predicted octanol–water partition coefficient (Wildman–Crippen LogP) is 4.08. The Bertz CT molecular complexity index is 689. The van der Waals surface area contributed by atoms with E-state index in [4.69, 9.17) is 17.3 Å². The lowest BCUT2D eigenvalue weighted by Gasteiger charge is -1.98. The summed E-state index contributed by atoms with van der Waals surface area (Å²) in [5.74, 6) is 0. The van der Waals surface area contributed by atoms with Crippen molar-refractivity contribution in [3.8, 4) is 10.6 Å². The number of aromatic nitrogens is 1. The maximum Gasteiger partial charge on any atom is 0.124 e. The maximum atomic E-state index is 6.16. The van der Waals surface area contributed by atoms with E-state index in [0.29, 0.717) is 6.54 Å². The van der Waals surface area contributed by atoms with Gasteiger partial charge in [0.05, 0.1) is 15.2 Å². The Kier molecular flexibility index (Phi) is 3.04. The number of fused-ring (bicyclic) bond motifs is 1. The van der Waals surface area contributed by atoms with Crippen LogP contribution in [0, 0.1) is 0 Å². The fourth-order valence-electron chi connectivity index (χ4n) is 1.82. The van der Waals surface area contributed by atoms with Gasteiger partial charge in [-0.25, -0.2) is 4.98 Å². The van der Waals surface area contributed by atoms with Crippen LogP contribution in [0.2, 0.25) is 5.02 Å². The van der Waals surface area contributed by atoms with Crippen LogP contribution in [0.1, 0.15) is 5.56 Å². The minimum Gasteiger partial charge on any atom is -0.326 e. The lowest BCUT2D eigenvalue weighted by molar-refractivity contribution is 1.07. The van der Waals surface area contributed by atoms with Crippen LogP contribution in [0.25, 0.3) is 20.8 Å². The summed E-state index contributed by atoms with van der Waals surface area (Å²) in [5.41, 5.74) is 8.76. The van der Waals surface area contributed by atoms with Crippen LogP contribution in [0.3, 0.4) is 0 Å². The molecule has 18 heavy (non-hydrogen) atoms. The number of thiazole rings is 1. The van der Waals surface area contributed by atoms with E-state index in [2.05, 4.69) is 4.98 Å². The Labute approximate surface area is 114 Å². The Morgan fingerprint density at radius 1 is 1.11 bits per heavy atom. The summed E-state index contributed by atoms with van der Waals surface area (Å²) in [7, 11) is 0. The van der Waals surface area contributed by atoms with Crippen LogP contribution in [-0.4, -0.2) is 4.98 Å². The maximum absolute atomic E-state index is 6.16. The van der Waals surface area contributed by atoms with E-state index in [1.165, 1.54) is 0 Å². The minimum absolute atomic E-state index is 0.561. The smallest absolute Gasteiger partial charge is 0.124 e. The second-order valence-electron chi connectivity index (χ2n) is 4.01. The average Bonchev–Trinajstić information content (AvgIpc) is 2.84. The first-order valence-corrected chi connectivity index (χ1v) is 6.82. The van der Waals surface area contributed by atoms with Crippen LogP contribution >= 0.6 is 22.9 Å². The molecule has 0 saturated heterocycles. The van der Waals surface area contributed by atoms with E-state index in [1.54, 1.807) is 11.3 Å². The first kappa shape index (κ1) is 11.7. The van der Waals surface area contributed by atoms with E-state index in [-0.39, 0.29) is 0 Å². The molecule has 1 aromatic heterocycles. The highest BCUT2D eigenvalue weighted by molar-refractivity contribution is 7.22. The van der Waals surface area contributed by atoms with Gasteiger partial charge in [0.15, 0.2) is 0 Å². The monoisotopic (exact) mass is 274 g/mol. The van der Waals surface area contributed by atoms with E-state index in [9.17, 15) is 0 Å². The molecule has 0 aliphatic carbocycles. The molecule has 3 aromatic rings. The molecule has 3 rings (SSSR count). The molecule has 0 atom stereocenters. The van der Waals surface area contributed by atoms with Crippen LogP contribution in [0.15, 0.2) is 42.5 Å². The van der Waals surface area contributed by atoms with Gasteiger partial charge >= 0.3 is 0 Å². The van der Waals surface area contributed by atoms with Crippen molar-refractivity contribution in [2.75, 3.05) is 0 Å². The number of hydrogen-bond acceptors (Lipinski definition) is 3. The molecule has 0 saturated carbocycles. The van der Waals surface area contributed by atoms with Crippen molar-refractivity contribution in [2.45, 2.75) is 6.54 Å². The summed E-state index contributed by atoms with van der Waals surface area (Å²) in [5, 5.41) is 1.75. The molecular formula is C14H11ClN2S. The van der Waals surface area contributed by atoms with Crippen molar-refractivity contribution in [3.05, 3.63) is 53.1 Å². The number of benzene rings is 2. The second kappa shape index (κ2) is 4.69. The van der Waals surface area contributed by atoms with Gasteiger partial charge in [-0.2, -0.15) is 0 Å². The third kappa shape index (κ3) is 2.01. The molecule has 0 aliphatic heterocycles. The molecule has 90 valence electrons. The minimum atomic E-state index is 0.561. The van der Waals surface area contributed by atoms with E-state index < -0.39 is 0 Å². The SMILES string of the molecule is NCc1ccc(-c2nc3cccc(Cl)c3s2)cc1. The topological polar surface area (TPSA) is 38.9 Å². The Hall–Kier alpha value is -1.42. The van der Waals surface area contributed by atoms with E-state index in [0.717, 1.165) is 31.4 Å². The molecular weight excluding hydrogens is 264 g/mol. The van der Waals surface area contributed by atoms with Gasteiger partial charge in [-0.3, -0.25) is 0 Å². The van der Waals surface area contributed by atoms with Crippen LogP contribution in [-0.2, 0) is 6.54 Å².